The number of aryl methyl sites for hydroxylation is 2. The first kappa shape index (κ1) is 18.8. The SMILES string of the molecule is Cc1nc2ncnn2c(C)c1CCC(=O)N(Cc1cccnc1)Cc1ccco1. The number of pyridine rings is 1. The molecule has 0 aliphatic rings. The molecule has 0 unspecified atom stereocenters. The minimum atomic E-state index is 0.0442. The fourth-order valence-electron chi connectivity index (χ4n) is 3.44. The summed E-state index contributed by atoms with van der Waals surface area (Å²) < 4.78 is 7.17. The quantitative estimate of drug-likeness (QED) is 0.482. The van der Waals surface area contributed by atoms with Crippen molar-refractivity contribution < 1.29 is 9.21 Å². The van der Waals surface area contributed by atoms with Gasteiger partial charge in [-0.1, -0.05) is 6.07 Å². The molecule has 148 valence electrons. The van der Waals surface area contributed by atoms with Crippen molar-refractivity contribution in [2.75, 3.05) is 0 Å². The Hall–Kier alpha value is -3.55. The molecule has 4 rings (SSSR count). The Morgan fingerprint density at radius 2 is 2.10 bits per heavy atom. The molecule has 4 aromatic rings. The summed E-state index contributed by atoms with van der Waals surface area (Å²) in [6, 6.07) is 7.54. The number of carbonyl (C=O) groups is 1. The van der Waals surface area contributed by atoms with Crippen LogP contribution < -0.4 is 0 Å². The monoisotopic (exact) mass is 390 g/mol. The Bertz CT molecular complexity index is 1110. The summed E-state index contributed by atoms with van der Waals surface area (Å²) >= 11 is 0. The smallest absolute Gasteiger partial charge is 0.252 e. The molecule has 0 atom stereocenters. The first-order valence-corrected chi connectivity index (χ1v) is 9.46. The lowest BCUT2D eigenvalue weighted by Gasteiger charge is -2.22. The van der Waals surface area contributed by atoms with Crippen LogP contribution in [0, 0.1) is 13.8 Å². The van der Waals surface area contributed by atoms with Crippen LogP contribution in [0.15, 0.2) is 53.7 Å². The predicted molar refractivity (Wildman–Crippen MR) is 106 cm³/mol. The van der Waals surface area contributed by atoms with Crippen LogP contribution in [0.25, 0.3) is 5.78 Å². The van der Waals surface area contributed by atoms with Crippen molar-refractivity contribution in [3.8, 4) is 0 Å². The Labute approximate surface area is 168 Å². The van der Waals surface area contributed by atoms with Gasteiger partial charge in [-0.25, -0.2) is 9.50 Å². The first-order valence-electron chi connectivity index (χ1n) is 9.46. The molecule has 4 aromatic heterocycles. The summed E-state index contributed by atoms with van der Waals surface area (Å²) in [5.74, 6) is 1.37. The highest BCUT2D eigenvalue weighted by Gasteiger charge is 2.18. The van der Waals surface area contributed by atoms with Crippen LogP contribution in [0.1, 0.15) is 34.7 Å². The Morgan fingerprint density at radius 3 is 2.86 bits per heavy atom. The van der Waals surface area contributed by atoms with Gasteiger partial charge in [-0.3, -0.25) is 9.78 Å². The highest BCUT2D eigenvalue weighted by atomic mass is 16.3. The largest absolute Gasteiger partial charge is 0.467 e. The minimum Gasteiger partial charge on any atom is -0.467 e. The zero-order valence-electron chi connectivity index (χ0n) is 16.4. The molecule has 0 N–H and O–H groups in total. The van der Waals surface area contributed by atoms with Crippen molar-refractivity contribution in [1.82, 2.24) is 29.5 Å². The number of hydrogen-bond donors (Lipinski definition) is 0. The summed E-state index contributed by atoms with van der Waals surface area (Å²) in [5.41, 5.74) is 3.84. The minimum absolute atomic E-state index is 0.0442. The van der Waals surface area contributed by atoms with E-state index in [-0.39, 0.29) is 5.91 Å². The number of furan rings is 1. The van der Waals surface area contributed by atoms with Gasteiger partial charge in [0.05, 0.1) is 12.8 Å². The van der Waals surface area contributed by atoms with Crippen LogP contribution in [0.5, 0.6) is 0 Å². The molecule has 0 radical (unpaired) electrons. The molecule has 8 heteroatoms. The van der Waals surface area contributed by atoms with Gasteiger partial charge >= 0.3 is 0 Å². The summed E-state index contributed by atoms with van der Waals surface area (Å²) in [4.78, 5) is 27.7. The molecule has 29 heavy (non-hydrogen) atoms. The second kappa shape index (κ2) is 8.22. The summed E-state index contributed by atoms with van der Waals surface area (Å²) in [6.07, 6.45) is 7.56. The predicted octanol–water partition coefficient (Wildman–Crippen LogP) is 2.89. The lowest BCUT2D eigenvalue weighted by Crippen LogP contribution is -2.30. The standard InChI is InChI=1S/C21H22N6O2/c1-15-19(16(2)27-21(25-15)23-14-24-27)7-8-20(28)26(13-18-6-4-10-29-18)12-17-5-3-9-22-11-17/h3-6,9-11,14H,7-8,12-13H2,1-2H3. The second-order valence-electron chi connectivity index (χ2n) is 6.92. The van der Waals surface area contributed by atoms with Crippen LogP contribution >= 0.6 is 0 Å². The Morgan fingerprint density at radius 1 is 1.21 bits per heavy atom. The molecule has 0 saturated heterocycles. The van der Waals surface area contributed by atoms with Gasteiger partial charge in [-0.15, -0.1) is 0 Å². The van der Waals surface area contributed by atoms with Gasteiger partial charge in [0.1, 0.15) is 12.1 Å². The van der Waals surface area contributed by atoms with E-state index >= 15 is 0 Å². The molecule has 1 amide bonds. The van der Waals surface area contributed by atoms with E-state index in [9.17, 15) is 4.79 Å². The van der Waals surface area contributed by atoms with Crippen molar-refractivity contribution in [3.05, 3.63) is 77.5 Å². The van der Waals surface area contributed by atoms with Crippen molar-refractivity contribution in [1.29, 1.82) is 0 Å². The van der Waals surface area contributed by atoms with E-state index in [2.05, 4.69) is 20.1 Å². The number of rotatable bonds is 7. The Balaban J connectivity index is 1.51. The third kappa shape index (κ3) is 4.16. The average Bonchev–Trinajstić information content (AvgIpc) is 3.40. The zero-order valence-corrected chi connectivity index (χ0v) is 16.4. The van der Waals surface area contributed by atoms with Crippen LogP contribution in [-0.4, -0.2) is 35.4 Å². The molecular weight excluding hydrogens is 368 g/mol. The van der Waals surface area contributed by atoms with E-state index in [0.717, 1.165) is 28.3 Å². The molecule has 0 aliphatic carbocycles. The van der Waals surface area contributed by atoms with E-state index < -0.39 is 0 Å². The van der Waals surface area contributed by atoms with E-state index in [1.165, 1.54) is 6.33 Å². The topological polar surface area (TPSA) is 89.4 Å². The highest BCUT2D eigenvalue weighted by molar-refractivity contribution is 5.76. The van der Waals surface area contributed by atoms with Gasteiger partial charge in [0.2, 0.25) is 5.91 Å². The number of fused-ring (bicyclic) bond motifs is 1. The number of hydrogen-bond acceptors (Lipinski definition) is 6. The van der Waals surface area contributed by atoms with E-state index in [0.29, 0.717) is 31.7 Å². The van der Waals surface area contributed by atoms with Gasteiger partial charge < -0.3 is 9.32 Å². The van der Waals surface area contributed by atoms with E-state index in [1.807, 2.05) is 38.1 Å². The first-order chi connectivity index (χ1) is 14.1. The molecule has 0 bridgehead atoms. The normalized spacial score (nSPS) is 11.1. The van der Waals surface area contributed by atoms with Crippen molar-refractivity contribution in [3.63, 3.8) is 0 Å². The van der Waals surface area contributed by atoms with Crippen molar-refractivity contribution >= 4 is 11.7 Å². The molecule has 0 aliphatic heterocycles. The third-order valence-corrected chi connectivity index (χ3v) is 4.95. The molecule has 8 nitrogen and oxygen atoms in total. The zero-order chi connectivity index (χ0) is 20.2. The highest BCUT2D eigenvalue weighted by Crippen LogP contribution is 2.17. The third-order valence-electron chi connectivity index (χ3n) is 4.95. The fraction of sp³-hybridized carbons (Fsp3) is 0.286. The molecular formula is C21H22N6O2. The number of aromatic nitrogens is 5. The fourth-order valence-corrected chi connectivity index (χ4v) is 3.44. The number of carbonyl (C=O) groups excluding carboxylic acids is 1. The van der Waals surface area contributed by atoms with Crippen LogP contribution in [0.3, 0.4) is 0 Å². The number of nitrogens with zero attached hydrogens (tertiary/aromatic N) is 6. The maximum absolute atomic E-state index is 13.1. The van der Waals surface area contributed by atoms with Gasteiger partial charge in [-0.2, -0.15) is 10.1 Å². The van der Waals surface area contributed by atoms with Gasteiger partial charge in [0, 0.05) is 36.7 Å². The van der Waals surface area contributed by atoms with Gasteiger partial charge in [0.15, 0.2) is 0 Å². The molecule has 0 fully saturated rings. The van der Waals surface area contributed by atoms with Crippen LogP contribution in [-0.2, 0) is 24.3 Å². The van der Waals surface area contributed by atoms with Crippen molar-refractivity contribution in [2.45, 2.75) is 39.8 Å². The average molecular weight is 390 g/mol. The van der Waals surface area contributed by atoms with E-state index in [1.54, 1.807) is 28.1 Å². The molecule has 0 spiro atoms. The lowest BCUT2D eigenvalue weighted by atomic mass is 10.1. The Kier molecular flexibility index (Phi) is 5.33. The lowest BCUT2D eigenvalue weighted by molar-refractivity contribution is -0.132. The second-order valence-corrected chi connectivity index (χ2v) is 6.92. The summed E-state index contributed by atoms with van der Waals surface area (Å²) in [6.45, 7) is 4.81. The van der Waals surface area contributed by atoms with Crippen molar-refractivity contribution in [2.24, 2.45) is 0 Å². The molecule has 0 saturated carbocycles. The molecule has 0 aromatic carbocycles. The summed E-state index contributed by atoms with van der Waals surface area (Å²) in [7, 11) is 0. The summed E-state index contributed by atoms with van der Waals surface area (Å²) in [5, 5.41) is 4.22. The maximum Gasteiger partial charge on any atom is 0.252 e. The molecule has 4 heterocycles. The van der Waals surface area contributed by atoms with E-state index in [4.69, 9.17) is 4.42 Å². The van der Waals surface area contributed by atoms with Crippen LogP contribution in [0.4, 0.5) is 0 Å². The van der Waals surface area contributed by atoms with Crippen LogP contribution in [0.2, 0.25) is 0 Å². The van der Waals surface area contributed by atoms with Gasteiger partial charge in [0.25, 0.3) is 5.78 Å². The maximum atomic E-state index is 13.1. The number of amides is 1. The van der Waals surface area contributed by atoms with Gasteiger partial charge in [-0.05, 0) is 49.6 Å².